The average molecular weight is 754 g/mol. The maximum Gasteiger partial charge on any atom is 0.228 e. The van der Waals surface area contributed by atoms with Gasteiger partial charge in [0.15, 0.2) is 0 Å². The van der Waals surface area contributed by atoms with Crippen molar-refractivity contribution < 1.29 is 8.78 Å². The molecule has 0 aliphatic rings. The van der Waals surface area contributed by atoms with Crippen molar-refractivity contribution in [1.82, 2.24) is 50.5 Å². The summed E-state index contributed by atoms with van der Waals surface area (Å²) in [5.74, 6) is 0.0834. The third-order valence-corrected chi connectivity index (χ3v) is 9.32. The predicted octanol–water partition coefficient (Wildman–Crippen LogP) is 8.51. The number of hydrogen-bond acceptors (Lipinski definition) is 11. The molecule has 0 fully saturated rings. The van der Waals surface area contributed by atoms with Gasteiger partial charge < -0.3 is 11.5 Å². The Morgan fingerprint density at radius 3 is 1.56 bits per heavy atom. The molecule has 0 unspecified atom stereocenters. The van der Waals surface area contributed by atoms with Gasteiger partial charge in [-0.25, -0.2) is 43.5 Å². The summed E-state index contributed by atoms with van der Waals surface area (Å²) in [4.78, 5) is 29.6. The summed E-state index contributed by atoms with van der Waals surface area (Å²) in [5.41, 5.74) is 22.3. The molecule has 0 radical (unpaired) electrons. The van der Waals surface area contributed by atoms with E-state index in [0.29, 0.717) is 22.8 Å². The number of aromatic amines is 1. The van der Waals surface area contributed by atoms with Crippen LogP contribution >= 0.6 is 0 Å². The molecule has 4 aromatic carbocycles. The van der Waals surface area contributed by atoms with E-state index >= 15 is 0 Å². The third kappa shape index (κ3) is 7.13. The van der Waals surface area contributed by atoms with Crippen molar-refractivity contribution in [2.45, 2.75) is 13.8 Å². The molecule has 13 nitrogen and oxygen atoms in total. The lowest BCUT2D eigenvalue weighted by atomic mass is 9.96. The standard InChI is InChI=1S/C21H15FN8.C21H14FN5/c1-11-15-8-13(4-7-18(15)25-10-24-11)16-9-17(21-27-29-30-28-21)20(23)26-19(16)12-2-5-14(22)6-3-12;1-12-16-9-14(5-8-18(16)26-11-25-12)17-10-19(24-2)21(23)27-20(17)13-3-6-15(22)7-4-13/h2-10H,1H3,(H2,23,26)(H,27,28,29,30);3-11H,1H3,(H2,23,27). The lowest BCUT2D eigenvalue weighted by molar-refractivity contribution is 0.627. The molecule has 9 aromatic rings. The quantitative estimate of drug-likeness (QED) is 0.143. The fourth-order valence-corrected chi connectivity index (χ4v) is 6.39. The molecule has 5 N–H and O–H groups in total. The number of nitrogens with two attached hydrogens (primary N) is 2. The number of pyridine rings is 2. The van der Waals surface area contributed by atoms with Crippen molar-refractivity contribution in [3.05, 3.63) is 144 Å². The minimum absolute atomic E-state index is 0.147. The number of rotatable bonds is 5. The summed E-state index contributed by atoms with van der Waals surface area (Å²) < 4.78 is 26.8. The molecule has 0 aliphatic carbocycles. The van der Waals surface area contributed by atoms with Gasteiger partial charge in [0, 0.05) is 38.9 Å². The molecule has 0 saturated carbocycles. The molecule has 0 amide bonds. The van der Waals surface area contributed by atoms with Crippen molar-refractivity contribution in [1.29, 1.82) is 0 Å². The monoisotopic (exact) mass is 753 g/mol. The molecule has 0 bridgehead atoms. The van der Waals surface area contributed by atoms with Gasteiger partial charge in [-0.3, -0.25) is 0 Å². The molecule has 5 aromatic heterocycles. The highest BCUT2D eigenvalue weighted by atomic mass is 19.1. The Hall–Kier alpha value is -8.12. The van der Waals surface area contributed by atoms with E-state index in [1.165, 1.54) is 30.6 Å². The SMILES string of the molecule is Cc1ncnc2ccc(-c3cc(-c4nn[nH]n4)c(N)nc3-c3ccc(F)cc3)cc12.[C-]#[N+]c1cc(-c2ccc3ncnc(C)c3c2)c(-c2ccc(F)cc2)nc1N. The fourth-order valence-electron chi connectivity index (χ4n) is 6.39. The molecule has 15 heteroatoms. The maximum absolute atomic E-state index is 13.5. The first-order chi connectivity index (χ1) is 27.7. The molecular weight excluding hydrogens is 725 g/mol. The van der Waals surface area contributed by atoms with Crippen LogP contribution in [0.3, 0.4) is 0 Å². The lowest BCUT2D eigenvalue weighted by Gasteiger charge is -2.14. The zero-order valence-corrected chi connectivity index (χ0v) is 30.3. The number of benzene rings is 4. The van der Waals surface area contributed by atoms with Gasteiger partial charge in [-0.1, -0.05) is 12.1 Å². The number of H-pyrrole nitrogens is 1. The maximum atomic E-state index is 13.5. The zero-order chi connectivity index (χ0) is 39.6. The Balaban J connectivity index is 0.000000161. The van der Waals surface area contributed by atoms with E-state index in [0.717, 1.165) is 66.6 Å². The second kappa shape index (κ2) is 15.0. The van der Waals surface area contributed by atoms with Crippen LogP contribution in [0.1, 0.15) is 11.4 Å². The second-order valence-corrected chi connectivity index (χ2v) is 12.8. The number of nitrogens with zero attached hydrogens (tertiary/aromatic N) is 10. The van der Waals surface area contributed by atoms with Gasteiger partial charge >= 0.3 is 0 Å². The van der Waals surface area contributed by atoms with Crippen molar-refractivity contribution >= 4 is 39.1 Å². The van der Waals surface area contributed by atoms with E-state index in [-0.39, 0.29) is 29.0 Å². The molecule has 276 valence electrons. The van der Waals surface area contributed by atoms with E-state index in [1.54, 1.807) is 36.7 Å². The number of anilines is 2. The van der Waals surface area contributed by atoms with E-state index in [9.17, 15) is 8.78 Å². The molecular formula is C42H29F2N13. The predicted molar refractivity (Wildman–Crippen MR) is 214 cm³/mol. The summed E-state index contributed by atoms with van der Waals surface area (Å²) >= 11 is 0. The molecule has 0 atom stereocenters. The van der Waals surface area contributed by atoms with Crippen LogP contribution in [0.4, 0.5) is 26.1 Å². The number of aromatic nitrogens is 10. The molecule has 5 heterocycles. The third-order valence-electron chi connectivity index (χ3n) is 9.32. The number of fused-ring (bicyclic) bond motifs is 2. The van der Waals surface area contributed by atoms with Crippen molar-refractivity contribution in [3.63, 3.8) is 0 Å². The summed E-state index contributed by atoms with van der Waals surface area (Å²) in [6.07, 6.45) is 3.07. The first-order valence-corrected chi connectivity index (χ1v) is 17.3. The van der Waals surface area contributed by atoms with E-state index in [1.807, 2.05) is 56.3 Å². The fraction of sp³-hybridized carbons (Fsp3) is 0.0476. The Morgan fingerprint density at radius 2 is 1.07 bits per heavy atom. The summed E-state index contributed by atoms with van der Waals surface area (Å²) in [6, 6.07) is 27.4. The number of hydrogen-bond donors (Lipinski definition) is 3. The number of tetrazole rings is 1. The summed E-state index contributed by atoms with van der Waals surface area (Å²) in [6.45, 7) is 11.2. The molecule has 0 aliphatic heterocycles. The average Bonchev–Trinajstić information content (AvgIpc) is 3.77. The van der Waals surface area contributed by atoms with Crippen LogP contribution in [0, 0.1) is 32.1 Å². The van der Waals surface area contributed by atoms with Crippen molar-refractivity contribution in [3.8, 4) is 56.2 Å². The second-order valence-electron chi connectivity index (χ2n) is 12.8. The van der Waals surface area contributed by atoms with Gasteiger partial charge in [0.25, 0.3) is 0 Å². The molecule has 0 spiro atoms. The highest BCUT2D eigenvalue weighted by molar-refractivity contribution is 5.93. The van der Waals surface area contributed by atoms with E-state index in [2.05, 4.69) is 55.4 Å². The Bertz CT molecular complexity index is 2980. The molecule has 0 saturated heterocycles. The molecule has 57 heavy (non-hydrogen) atoms. The first-order valence-electron chi connectivity index (χ1n) is 17.3. The first kappa shape index (κ1) is 35.9. The van der Waals surface area contributed by atoms with Gasteiger partial charge in [0.2, 0.25) is 11.5 Å². The Morgan fingerprint density at radius 1 is 0.579 bits per heavy atom. The number of nitrogen functional groups attached to an aromatic ring is 2. The smallest absolute Gasteiger partial charge is 0.228 e. The minimum Gasteiger partial charge on any atom is -0.392 e. The number of aryl methyl sites for hydroxylation is 2. The van der Waals surface area contributed by atoms with Crippen LogP contribution < -0.4 is 11.5 Å². The topological polar surface area (TPSA) is 188 Å². The highest BCUT2D eigenvalue weighted by Crippen LogP contribution is 2.39. The van der Waals surface area contributed by atoms with Crippen LogP contribution in [0.2, 0.25) is 0 Å². The van der Waals surface area contributed by atoms with E-state index in [4.69, 9.17) is 18.0 Å². The number of nitrogens with one attached hydrogen (secondary N) is 1. The largest absolute Gasteiger partial charge is 0.392 e. The van der Waals surface area contributed by atoms with Crippen molar-refractivity contribution in [2.24, 2.45) is 0 Å². The van der Waals surface area contributed by atoms with Gasteiger partial charge in [0.05, 0.1) is 34.6 Å². The van der Waals surface area contributed by atoms with Crippen molar-refractivity contribution in [2.75, 3.05) is 11.5 Å². The van der Waals surface area contributed by atoms with Gasteiger partial charge in [-0.05, 0) is 121 Å². The van der Waals surface area contributed by atoms with Gasteiger partial charge in [-0.2, -0.15) is 5.21 Å². The summed E-state index contributed by atoms with van der Waals surface area (Å²) in [7, 11) is 0. The van der Waals surface area contributed by atoms with Crippen LogP contribution in [0.15, 0.2) is 110 Å². The normalized spacial score (nSPS) is 10.9. The van der Waals surface area contributed by atoms with Crippen LogP contribution in [-0.2, 0) is 0 Å². The Kier molecular flexibility index (Phi) is 9.42. The van der Waals surface area contributed by atoms with Gasteiger partial charge in [0.1, 0.15) is 35.9 Å². The highest BCUT2D eigenvalue weighted by Gasteiger charge is 2.19. The van der Waals surface area contributed by atoms with E-state index < -0.39 is 0 Å². The van der Waals surface area contributed by atoms with Gasteiger partial charge in [-0.15, -0.1) is 10.2 Å². The number of halogens is 2. The summed E-state index contributed by atoms with van der Waals surface area (Å²) in [5, 5.41) is 15.9. The minimum atomic E-state index is -0.329. The van der Waals surface area contributed by atoms with Crippen LogP contribution in [-0.4, -0.2) is 50.5 Å². The lowest BCUT2D eigenvalue weighted by Crippen LogP contribution is -2.00. The zero-order valence-electron chi connectivity index (χ0n) is 30.3. The van der Waals surface area contributed by atoms with Crippen LogP contribution in [0.25, 0.3) is 82.8 Å². The molecule has 9 rings (SSSR count). The Labute approximate surface area is 323 Å². The van der Waals surface area contributed by atoms with Crippen LogP contribution in [0.5, 0.6) is 0 Å².